The van der Waals surface area contributed by atoms with Crippen LogP contribution in [0.5, 0.6) is 0 Å². The van der Waals surface area contributed by atoms with Gasteiger partial charge in [0.05, 0.1) is 11.2 Å². The zero-order valence-corrected chi connectivity index (χ0v) is 17.9. The highest BCUT2D eigenvalue weighted by atomic mass is 35.5. The Kier molecular flexibility index (Phi) is 7.60. The van der Waals surface area contributed by atoms with Crippen molar-refractivity contribution in [1.29, 1.82) is 0 Å². The molecule has 0 unspecified atom stereocenters. The third-order valence-electron chi connectivity index (χ3n) is 3.27. The number of hydrogen-bond donors (Lipinski definition) is 1. The summed E-state index contributed by atoms with van der Waals surface area (Å²) in [5.74, 6) is 0.748. The monoisotopic (exact) mass is 455 g/mol. The van der Waals surface area contributed by atoms with Crippen LogP contribution in [0.25, 0.3) is 0 Å². The Morgan fingerprint density at radius 2 is 2.04 bits per heavy atom. The number of rotatable bonds is 8. The molecule has 0 bridgehead atoms. The standard InChI is InChI=1S/C17H15ClFN5OS3/c1-2-7-26-15-20-8-12(18)13(21-15)14(25)22-16-23-24-17(28-16)27-9-10-3-5-11(19)6-4-10/h3-6,8H,2,7,9H2,1H3,(H,22,23,25). The van der Waals surface area contributed by atoms with E-state index in [2.05, 4.69) is 32.4 Å². The highest BCUT2D eigenvalue weighted by Crippen LogP contribution is 2.29. The molecule has 0 fully saturated rings. The molecular formula is C17H15ClFN5OS3. The molecule has 28 heavy (non-hydrogen) atoms. The molecular weight excluding hydrogens is 441 g/mol. The molecule has 0 atom stereocenters. The van der Waals surface area contributed by atoms with Gasteiger partial charge in [0.25, 0.3) is 5.91 Å². The maximum absolute atomic E-state index is 12.9. The molecule has 0 aliphatic rings. The predicted octanol–water partition coefficient (Wildman–Crippen LogP) is 5.17. The van der Waals surface area contributed by atoms with Gasteiger partial charge < -0.3 is 0 Å². The van der Waals surface area contributed by atoms with Crippen molar-refractivity contribution < 1.29 is 9.18 Å². The van der Waals surface area contributed by atoms with E-state index in [4.69, 9.17) is 11.6 Å². The van der Waals surface area contributed by atoms with Crippen LogP contribution in [-0.2, 0) is 5.75 Å². The third kappa shape index (κ3) is 5.87. The summed E-state index contributed by atoms with van der Waals surface area (Å²) in [7, 11) is 0. The molecule has 11 heteroatoms. The largest absolute Gasteiger partial charge is 0.295 e. The minimum absolute atomic E-state index is 0.103. The van der Waals surface area contributed by atoms with Crippen LogP contribution in [0.1, 0.15) is 29.4 Å². The summed E-state index contributed by atoms with van der Waals surface area (Å²) < 4.78 is 13.6. The number of nitrogens with zero attached hydrogens (tertiary/aromatic N) is 4. The number of halogens is 2. The molecule has 0 saturated heterocycles. The fourth-order valence-corrected chi connectivity index (χ4v) is 4.52. The van der Waals surface area contributed by atoms with Crippen molar-refractivity contribution >= 4 is 57.5 Å². The number of aromatic nitrogens is 4. The second-order valence-electron chi connectivity index (χ2n) is 5.44. The Balaban J connectivity index is 1.61. The van der Waals surface area contributed by atoms with Gasteiger partial charge in [0.15, 0.2) is 15.2 Å². The fraction of sp³-hybridized carbons (Fsp3) is 0.235. The lowest BCUT2D eigenvalue weighted by molar-refractivity contribution is 0.102. The van der Waals surface area contributed by atoms with Crippen LogP contribution < -0.4 is 5.32 Å². The van der Waals surface area contributed by atoms with Crippen molar-refractivity contribution in [3.05, 3.63) is 52.6 Å². The van der Waals surface area contributed by atoms with E-state index in [0.29, 0.717) is 20.4 Å². The number of thioether (sulfide) groups is 2. The molecule has 0 saturated carbocycles. The molecule has 3 aromatic rings. The van der Waals surface area contributed by atoms with E-state index in [0.717, 1.165) is 17.7 Å². The number of nitrogens with one attached hydrogen (secondary N) is 1. The third-order valence-corrected chi connectivity index (χ3v) is 6.66. The number of carbonyl (C=O) groups is 1. The SMILES string of the molecule is CCCSc1ncc(Cl)c(C(=O)Nc2nnc(SCc3ccc(F)cc3)s2)n1. The number of benzene rings is 1. The van der Waals surface area contributed by atoms with Gasteiger partial charge in [-0.2, -0.15) is 0 Å². The summed E-state index contributed by atoms with van der Waals surface area (Å²) >= 11 is 10.2. The van der Waals surface area contributed by atoms with Crippen LogP contribution in [0.4, 0.5) is 9.52 Å². The van der Waals surface area contributed by atoms with Crippen LogP contribution in [0.15, 0.2) is 40.0 Å². The lowest BCUT2D eigenvalue weighted by atomic mass is 10.2. The number of amides is 1. The second-order valence-corrected chi connectivity index (χ2v) is 9.11. The average molecular weight is 456 g/mol. The highest BCUT2D eigenvalue weighted by Gasteiger charge is 2.17. The van der Waals surface area contributed by atoms with Crippen LogP contribution >= 0.6 is 46.5 Å². The summed E-state index contributed by atoms with van der Waals surface area (Å²) in [6.07, 6.45) is 2.40. The lowest BCUT2D eigenvalue weighted by Gasteiger charge is -2.04. The minimum atomic E-state index is -0.461. The molecule has 2 aromatic heterocycles. The van der Waals surface area contributed by atoms with Crippen molar-refractivity contribution in [3.63, 3.8) is 0 Å². The zero-order chi connectivity index (χ0) is 19.9. The molecule has 2 heterocycles. The first-order chi connectivity index (χ1) is 13.5. The van der Waals surface area contributed by atoms with Crippen LogP contribution in [0, 0.1) is 5.82 Å². The van der Waals surface area contributed by atoms with Gasteiger partial charge >= 0.3 is 0 Å². The molecule has 1 aromatic carbocycles. The Morgan fingerprint density at radius 1 is 1.25 bits per heavy atom. The number of carbonyl (C=O) groups excluding carboxylic acids is 1. The van der Waals surface area contributed by atoms with Gasteiger partial charge in [-0.25, -0.2) is 14.4 Å². The molecule has 0 aliphatic carbocycles. The van der Waals surface area contributed by atoms with E-state index in [1.54, 1.807) is 12.1 Å². The van der Waals surface area contributed by atoms with E-state index in [1.807, 2.05) is 0 Å². The summed E-state index contributed by atoms with van der Waals surface area (Å²) in [4.78, 5) is 20.8. The Labute approximate surface area is 178 Å². The Bertz CT molecular complexity index is 954. The van der Waals surface area contributed by atoms with Crippen molar-refractivity contribution in [2.24, 2.45) is 0 Å². The van der Waals surface area contributed by atoms with E-state index in [-0.39, 0.29) is 16.5 Å². The summed E-state index contributed by atoms with van der Waals surface area (Å²) in [6, 6.07) is 6.27. The molecule has 1 N–H and O–H groups in total. The molecule has 0 aliphatic heterocycles. The first kappa shape index (κ1) is 21.0. The van der Waals surface area contributed by atoms with Crippen molar-refractivity contribution in [1.82, 2.24) is 20.2 Å². The first-order valence-electron chi connectivity index (χ1n) is 8.22. The molecule has 0 spiro atoms. The second kappa shape index (κ2) is 10.1. The topological polar surface area (TPSA) is 80.7 Å². The minimum Gasteiger partial charge on any atom is -0.295 e. The molecule has 3 rings (SSSR count). The quantitative estimate of drug-likeness (QED) is 0.285. The van der Waals surface area contributed by atoms with E-state index in [9.17, 15) is 9.18 Å². The van der Waals surface area contributed by atoms with E-state index in [1.165, 1.54) is 53.2 Å². The Morgan fingerprint density at radius 3 is 2.79 bits per heavy atom. The van der Waals surface area contributed by atoms with Crippen molar-refractivity contribution in [3.8, 4) is 0 Å². The predicted molar refractivity (Wildman–Crippen MR) is 112 cm³/mol. The van der Waals surface area contributed by atoms with E-state index < -0.39 is 5.91 Å². The molecule has 6 nitrogen and oxygen atoms in total. The fourth-order valence-electron chi connectivity index (χ4n) is 1.97. The molecule has 1 amide bonds. The van der Waals surface area contributed by atoms with Gasteiger partial charge in [0, 0.05) is 11.5 Å². The normalized spacial score (nSPS) is 10.8. The summed E-state index contributed by atoms with van der Waals surface area (Å²) in [5.41, 5.74) is 1.07. The van der Waals surface area contributed by atoms with E-state index >= 15 is 0 Å². The maximum atomic E-state index is 12.9. The Hall–Kier alpha value is -1.75. The van der Waals surface area contributed by atoms with Crippen molar-refractivity contribution in [2.75, 3.05) is 11.1 Å². The summed E-state index contributed by atoms with van der Waals surface area (Å²) in [6.45, 7) is 2.05. The van der Waals surface area contributed by atoms with Gasteiger partial charge in [-0.05, 0) is 24.1 Å². The van der Waals surface area contributed by atoms with Gasteiger partial charge in [-0.15, -0.1) is 10.2 Å². The number of anilines is 1. The lowest BCUT2D eigenvalue weighted by Crippen LogP contribution is -2.15. The van der Waals surface area contributed by atoms with Crippen LogP contribution in [0.3, 0.4) is 0 Å². The van der Waals surface area contributed by atoms with Crippen molar-refractivity contribution in [2.45, 2.75) is 28.6 Å². The van der Waals surface area contributed by atoms with Gasteiger partial charge in [0.2, 0.25) is 5.13 Å². The van der Waals surface area contributed by atoms with Gasteiger partial charge in [-0.3, -0.25) is 10.1 Å². The summed E-state index contributed by atoms with van der Waals surface area (Å²) in [5, 5.41) is 11.7. The average Bonchev–Trinajstić information content (AvgIpc) is 3.14. The van der Waals surface area contributed by atoms with Gasteiger partial charge in [-0.1, -0.05) is 65.5 Å². The van der Waals surface area contributed by atoms with Gasteiger partial charge in [0.1, 0.15) is 5.82 Å². The molecule has 146 valence electrons. The van der Waals surface area contributed by atoms with Crippen LogP contribution in [0.2, 0.25) is 5.02 Å². The first-order valence-corrected chi connectivity index (χ1v) is 11.4. The van der Waals surface area contributed by atoms with Crippen LogP contribution in [-0.4, -0.2) is 31.8 Å². The zero-order valence-electron chi connectivity index (χ0n) is 14.7. The maximum Gasteiger partial charge on any atom is 0.277 e. The molecule has 0 radical (unpaired) electrons. The highest BCUT2D eigenvalue weighted by molar-refractivity contribution is 8.00. The smallest absolute Gasteiger partial charge is 0.277 e. The number of hydrogen-bond acceptors (Lipinski definition) is 8.